The van der Waals surface area contributed by atoms with Crippen LogP contribution in [0, 0.1) is 0 Å². The van der Waals surface area contributed by atoms with Crippen molar-refractivity contribution in [2.45, 2.75) is 18.9 Å². The van der Waals surface area contributed by atoms with Crippen LogP contribution in [0.15, 0.2) is 0 Å². The molecule has 82 valence electrons. The summed E-state index contributed by atoms with van der Waals surface area (Å²) in [5.74, 6) is 0. The van der Waals surface area contributed by atoms with Gasteiger partial charge in [-0.3, -0.25) is 0 Å². The molecule has 0 aliphatic carbocycles. The van der Waals surface area contributed by atoms with Crippen LogP contribution in [0.3, 0.4) is 0 Å². The molecule has 2 rings (SSSR count). The molecular weight excluding hydrogens is 202 g/mol. The van der Waals surface area contributed by atoms with E-state index in [9.17, 15) is 8.42 Å². The van der Waals surface area contributed by atoms with Crippen molar-refractivity contribution < 1.29 is 8.42 Å². The van der Waals surface area contributed by atoms with Gasteiger partial charge in [-0.2, -0.15) is 17.0 Å². The third-order valence-corrected chi connectivity index (χ3v) is 5.03. The molecule has 1 N–H and O–H groups in total. The van der Waals surface area contributed by atoms with Crippen molar-refractivity contribution in [2.75, 3.05) is 33.2 Å². The van der Waals surface area contributed by atoms with Gasteiger partial charge in [0.2, 0.25) is 0 Å². The van der Waals surface area contributed by atoms with Gasteiger partial charge in [-0.15, -0.1) is 0 Å². The number of hydrogen-bond acceptors (Lipinski definition) is 3. The molecule has 14 heavy (non-hydrogen) atoms. The first kappa shape index (κ1) is 10.4. The van der Waals surface area contributed by atoms with Gasteiger partial charge >= 0.3 is 0 Å². The number of rotatable bonds is 1. The zero-order chi connectivity index (χ0) is 10.2. The lowest BCUT2D eigenvalue weighted by atomic mass is 10.2. The summed E-state index contributed by atoms with van der Waals surface area (Å²) < 4.78 is 27.0. The van der Waals surface area contributed by atoms with Crippen molar-refractivity contribution in [1.29, 1.82) is 0 Å². The molecule has 0 aromatic heterocycles. The molecule has 2 saturated heterocycles. The van der Waals surface area contributed by atoms with Gasteiger partial charge < -0.3 is 5.32 Å². The van der Waals surface area contributed by atoms with Crippen molar-refractivity contribution in [3.05, 3.63) is 0 Å². The Morgan fingerprint density at radius 1 is 1.36 bits per heavy atom. The van der Waals surface area contributed by atoms with Gasteiger partial charge in [-0.05, 0) is 19.4 Å². The lowest BCUT2D eigenvalue weighted by Crippen LogP contribution is -2.52. The minimum Gasteiger partial charge on any atom is -0.315 e. The quantitative estimate of drug-likeness (QED) is 0.630. The van der Waals surface area contributed by atoms with Crippen LogP contribution >= 0.6 is 0 Å². The Morgan fingerprint density at radius 3 is 2.79 bits per heavy atom. The van der Waals surface area contributed by atoms with Gasteiger partial charge in [0.05, 0.1) is 0 Å². The summed E-state index contributed by atoms with van der Waals surface area (Å²) in [6.07, 6.45) is 1.87. The Balaban J connectivity index is 2.16. The molecule has 2 aliphatic heterocycles. The van der Waals surface area contributed by atoms with E-state index < -0.39 is 10.2 Å². The molecular formula is C8H17N3O2S. The molecule has 6 heteroatoms. The highest BCUT2D eigenvalue weighted by molar-refractivity contribution is 7.86. The van der Waals surface area contributed by atoms with Crippen LogP contribution in [-0.2, 0) is 10.2 Å². The van der Waals surface area contributed by atoms with E-state index >= 15 is 0 Å². The third-order valence-electron chi connectivity index (χ3n) is 2.98. The monoisotopic (exact) mass is 219 g/mol. The fraction of sp³-hybridized carbons (Fsp3) is 1.00. The average Bonchev–Trinajstić information content (AvgIpc) is 2.62. The van der Waals surface area contributed by atoms with Crippen molar-refractivity contribution in [3.63, 3.8) is 0 Å². The smallest absolute Gasteiger partial charge is 0.282 e. The molecule has 0 aromatic rings. The van der Waals surface area contributed by atoms with Crippen LogP contribution in [0.2, 0.25) is 0 Å². The highest BCUT2D eigenvalue weighted by Crippen LogP contribution is 2.20. The molecule has 0 unspecified atom stereocenters. The van der Waals surface area contributed by atoms with Crippen LogP contribution in [0.5, 0.6) is 0 Å². The second kappa shape index (κ2) is 3.77. The van der Waals surface area contributed by atoms with E-state index in [0.717, 1.165) is 25.9 Å². The van der Waals surface area contributed by atoms with Gasteiger partial charge in [-0.1, -0.05) is 0 Å². The van der Waals surface area contributed by atoms with Crippen molar-refractivity contribution in [2.24, 2.45) is 0 Å². The molecule has 2 heterocycles. The van der Waals surface area contributed by atoms with Crippen molar-refractivity contribution in [1.82, 2.24) is 13.9 Å². The summed E-state index contributed by atoms with van der Waals surface area (Å²) in [4.78, 5) is 0. The molecule has 0 spiro atoms. The Kier molecular flexibility index (Phi) is 2.79. The summed E-state index contributed by atoms with van der Waals surface area (Å²) in [6, 6.07) is 0.169. The summed E-state index contributed by atoms with van der Waals surface area (Å²) in [5.41, 5.74) is 0. The highest BCUT2D eigenvalue weighted by atomic mass is 32.2. The minimum atomic E-state index is -3.16. The molecule has 0 aromatic carbocycles. The van der Waals surface area contributed by atoms with Crippen LogP contribution in [0.4, 0.5) is 0 Å². The summed E-state index contributed by atoms with van der Waals surface area (Å²) in [6.45, 7) is 3.06. The lowest BCUT2D eigenvalue weighted by molar-refractivity contribution is 0.263. The standard InChI is InChI=1S/C8H17N3O2S/c1-10-5-2-6-11(14(10,12)13)8-3-4-9-7-8/h8-9H,2-7H2,1H3/t8-/m1/s1. The van der Waals surface area contributed by atoms with E-state index in [4.69, 9.17) is 0 Å². The maximum atomic E-state index is 11.9. The second-order valence-corrected chi connectivity index (χ2v) is 5.93. The molecule has 0 amide bonds. The first-order chi connectivity index (χ1) is 6.62. The molecule has 0 saturated carbocycles. The Hall–Kier alpha value is -0.170. The van der Waals surface area contributed by atoms with E-state index in [1.165, 1.54) is 4.31 Å². The van der Waals surface area contributed by atoms with Gasteiger partial charge in [0.25, 0.3) is 10.2 Å². The van der Waals surface area contributed by atoms with E-state index in [-0.39, 0.29) is 6.04 Å². The first-order valence-corrected chi connectivity index (χ1v) is 6.46. The highest BCUT2D eigenvalue weighted by Gasteiger charge is 2.36. The average molecular weight is 219 g/mol. The molecule has 2 fully saturated rings. The maximum absolute atomic E-state index is 11.9. The van der Waals surface area contributed by atoms with Crippen molar-refractivity contribution in [3.8, 4) is 0 Å². The van der Waals surface area contributed by atoms with E-state index in [1.54, 1.807) is 11.4 Å². The predicted molar refractivity (Wildman–Crippen MR) is 54.1 cm³/mol. The molecule has 1 atom stereocenters. The van der Waals surface area contributed by atoms with E-state index in [1.807, 2.05) is 0 Å². The number of nitrogens with zero attached hydrogens (tertiary/aromatic N) is 2. The number of nitrogens with one attached hydrogen (secondary N) is 1. The van der Waals surface area contributed by atoms with Crippen LogP contribution in [0.1, 0.15) is 12.8 Å². The predicted octanol–water partition coefficient (Wildman–Crippen LogP) is -0.769. The van der Waals surface area contributed by atoms with Crippen molar-refractivity contribution >= 4 is 10.2 Å². The van der Waals surface area contributed by atoms with Gasteiger partial charge in [0.15, 0.2) is 0 Å². The minimum absolute atomic E-state index is 0.169. The van der Waals surface area contributed by atoms with E-state index in [0.29, 0.717) is 13.1 Å². The summed E-state index contributed by atoms with van der Waals surface area (Å²) in [5, 5.41) is 3.20. The largest absolute Gasteiger partial charge is 0.315 e. The summed E-state index contributed by atoms with van der Waals surface area (Å²) in [7, 11) is -1.50. The zero-order valence-corrected chi connectivity index (χ0v) is 9.26. The van der Waals surface area contributed by atoms with Gasteiger partial charge in [0, 0.05) is 32.7 Å². The fourth-order valence-corrected chi connectivity index (χ4v) is 3.75. The normalized spacial score (nSPS) is 34.8. The Morgan fingerprint density at radius 2 is 2.14 bits per heavy atom. The number of hydrogen-bond donors (Lipinski definition) is 1. The summed E-state index contributed by atoms with van der Waals surface area (Å²) >= 11 is 0. The molecule has 5 nitrogen and oxygen atoms in total. The van der Waals surface area contributed by atoms with Crippen LogP contribution in [0.25, 0.3) is 0 Å². The molecule has 0 radical (unpaired) electrons. The zero-order valence-electron chi connectivity index (χ0n) is 8.44. The Labute approximate surface area is 85.2 Å². The first-order valence-electron chi connectivity index (χ1n) is 5.06. The third kappa shape index (κ3) is 1.67. The topological polar surface area (TPSA) is 52.6 Å². The van der Waals surface area contributed by atoms with Gasteiger partial charge in [-0.25, -0.2) is 0 Å². The maximum Gasteiger partial charge on any atom is 0.282 e. The van der Waals surface area contributed by atoms with Crippen LogP contribution < -0.4 is 5.32 Å². The Bertz CT molecular complexity index is 298. The van der Waals surface area contributed by atoms with E-state index in [2.05, 4.69) is 5.32 Å². The second-order valence-electron chi connectivity index (χ2n) is 3.94. The van der Waals surface area contributed by atoms with Crippen LogP contribution in [-0.4, -0.2) is 56.3 Å². The fourth-order valence-electron chi connectivity index (χ4n) is 2.12. The molecule has 0 bridgehead atoms. The van der Waals surface area contributed by atoms with Gasteiger partial charge in [0.1, 0.15) is 0 Å². The molecule has 2 aliphatic rings. The lowest BCUT2D eigenvalue weighted by Gasteiger charge is -2.35. The SMILES string of the molecule is CN1CCCN([C@@H]2CCNC2)S1(=O)=O.